The van der Waals surface area contributed by atoms with Crippen LogP contribution in [0, 0.1) is 0 Å². The van der Waals surface area contributed by atoms with Crippen molar-refractivity contribution < 1.29 is 17.9 Å². The molecule has 1 amide bonds. The van der Waals surface area contributed by atoms with Gasteiger partial charge in [-0.3, -0.25) is 9.52 Å². The first-order valence-electron chi connectivity index (χ1n) is 9.96. The van der Waals surface area contributed by atoms with Crippen LogP contribution in [0.2, 0.25) is 0 Å². The minimum atomic E-state index is -3.75. The Hall–Kier alpha value is -2.91. The second-order valence-electron chi connectivity index (χ2n) is 7.24. The molecule has 9 heteroatoms. The van der Waals surface area contributed by atoms with E-state index in [-0.39, 0.29) is 27.7 Å². The normalized spacial score (nSPS) is 16.7. The molecule has 1 aliphatic heterocycles. The van der Waals surface area contributed by atoms with Crippen LogP contribution in [0.15, 0.2) is 64.9 Å². The van der Waals surface area contributed by atoms with E-state index in [1.165, 1.54) is 12.1 Å². The third-order valence-corrected chi connectivity index (χ3v) is 7.48. The lowest BCUT2D eigenvalue weighted by molar-refractivity contribution is 0.0606. The van der Waals surface area contributed by atoms with Gasteiger partial charge >= 0.3 is 0 Å². The second-order valence-corrected chi connectivity index (χ2v) is 9.78. The average molecular weight is 458 g/mol. The standard InChI is InChI=1S/C22H23N3O4S2/c1-29-17-9-7-8-16(14-17)20-12-5-6-13-25(20)21(26)19-15-30-22(23-19)24-31(27,28)18-10-3-2-4-11-18/h2-4,7-11,14-15,20H,5-6,12-13H2,1H3,(H,23,24). The summed E-state index contributed by atoms with van der Waals surface area (Å²) in [6.45, 7) is 0.628. The Morgan fingerprint density at radius 2 is 1.97 bits per heavy atom. The Morgan fingerprint density at radius 1 is 1.16 bits per heavy atom. The van der Waals surface area contributed by atoms with Gasteiger partial charge in [-0.25, -0.2) is 13.4 Å². The lowest BCUT2D eigenvalue weighted by atomic mass is 9.94. The lowest BCUT2D eigenvalue weighted by Crippen LogP contribution is -2.38. The number of piperidine rings is 1. The zero-order valence-electron chi connectivity index (χ0n) is 17.0. The van der Waals surface area contributed by atoms with Crippen molar-refractivity contribution in [2.75, 3.05) is 18.4 Å². The number of rotatable bonds is 6. The quantitative estimate of drug-likeness (QED) is 0.596. The molecule has 2 aromatic carbocycles. The summed E-state index contributed by atoms with van der Waals surface area (Å²) in [5.74, 6) is 0.552. The first-order chi connectivity index (χ1) is 15.0. The van der Waals surface area contributed by atoms with Crippen LogP contribution in [0.25, 0.3) is 0 Å². The van der Waals surface area contributed by atoms with Gasteiger partial charge in [-0.15, -0.1) is 11.3 Å². The molecule has 3 aromatic rings. The fourth-order valence-electron chi connectivity index (χ4n) is 3.71. The molecule has 1 saturated heterocycles. The Bertz CT molecular complexity index is 1160. The predicted molar refractivity (Wildman–Crippen MR) is 120 cm³/mol. The van der Waals surface area contributed by atoms with Crippen molar-refractivity contribution >= 4 is 32.4 Å². The first kappa shape index (κ1) is 21.3. The van der Waals surface area contributed by atoms with Crippen molar-refractivity contribution in [3.63, 3.8) is 0 Å². The molecular formula is C22H23N3O4S2. The van der Waals surface area contributed by atoms with Gasteiger partial charge in [0.05, 0.1) is 18.0 Å². The van der Waals surface area contributed by atoms with Crippen molar-refractivity contribution in [1.82, 2.24) is 9.88 Å². The van der Waals surface area contributed by atoms with Crippen LogP contribution < -0.4 is 9.46 Å². The van der Waals surface area contributed by atoms with Crippen molar-refractivity contribution in [1.29, 1.82) is 0 Å². The molecule has 0 saturated carbocycles. The number of likely N-dealkylation sites (tertiary alicyclic amines) is 1. The number of thiazole rings is 1. The predicted octanol–water partition coefficient (Wildman–Crippen LogP) is 4.32. The maximum absolute atomic E-state index is 13.2. The van der Waals surface area contributed by atoms with Crippen molar-refractivity contribution in [3.05, 3.63) is 71.2 Å². The smallest absolute Gasteiger partial charge is 0.273 e. The van der Waals surface area contributed by atoms with Gasteiger partial charge in [0.2, 0.25) is 0 Å². The van der Waals surface area contributed by atoms with Crippen LogP contribution in [-0.2, 0) is 10.0 Å². The maximum Gasteiger partial charge on any atom is 0.273 e. The molecule has 0 bridgehead atoms. The maximum atomic E-state index is 13.2. The first-order valence-corrected chi connectivity index (χ1v) is 12.3. The van der Waals surface area contributed by atoms with Crippen LogP contribution in [0.3, 0.4) is 0 Å². The number of methoxy groups -OCH3 is 1. The summed E-state index contributed by atoms with van der Waals surface area (Å²) >= 11 is 1.10. The molecule has 1 fully saturated rings. The molecule has 1 N–H and O–H groups in total. The number of carbonyl (C=O) groups is 1. The van der Waals surface area contributed by atoms with Crippen LogP contribution in [-0.4, -0.2) is 37.9 Å². The van der Waals surface area contributed by atoms with Gasteiger partial charge in [0.25, 0.3) is 15.9 Å². The Kier molecular flexibility index (Phi) is 6.24. The highest BCUT2D eigenvalue weighted by Crippen LogP contribution is 2.34. The summed E-state index contributed by atoms with van der Waals surface area (Å²) in [5.41, 5.74) is 1.26. The summed E-state index contributed by atoms with van der Waals surface area (Å²) in [6.07, 6.45) is 2.81. The molecule has 1 aromatic heterocycles. The largest absolute Gasteiger partial charge is 0.497 e. The highest BCUT2D eigenvalue weighted by Gasteiger charge is 2.30. The van der Waals surface area contributed by atoms with Gasteiger partial charge < -0.3 is 9.64 Å². The summed E-state index contributed by atoms with van der Waals surface area (Å²) in [5, 5.41) is 1.77. The zero-order chi connectivity index (χ0) is 21.8. The van der Waals surface area contributed by atoms with Gasteiger partial charge in [-0.05, 0) is 49.1 Å². The number of hydrogen-bond donors (Lipinski definition) is 1. The molecule has 162 valence electrons. The van der Waals surface area contributed by atoms with Gasteiger partial charge in [0.1, 0.15) is 11.4 Å². The summed E-state index contributed by atoms with van der Waals surface area (Å²) in [7, 11) is -2.13. The summed E-state index contributed by atoms with van der Waals surface area (Å²) in [6, 6.07) is 15.8. The molecule has 2 heterocycles. The van der Waals surface area contributed by atoms with E-state index in [9.17, 15) is 13.2 Å². The number of ether oxygens (including phenoxy) is 1. The number of anilines is 1. The zero-order valence-corrected chi connectivity index (χ0v) is 18.7. The molecule has 31 heavy (non-hydrogen) atoms. The SMILES string of the molecule is COc1cccc(C2CCCCN2C(=O)c2csc(NS(=O)(=O)c3ccccc3)n2)c1. The highest BCUT2D eigenvalue weighted by molar-refractivity contribution is 7.93. The average Bonchev–Trinajstić information content (AvgIpc) is 3.27. The van der Waals surface area contributed by atoms with E-state index in [2.05, 4.69) is 9.71 Å². The number of sulfonamides is 1. The third-order valence-electron chi connectivity index (χ3n) is 5.24. The summed E-state index contributed by atoms with van der Waals surface area (Å²) in [4.78, 5) is 19.5. The van der Waals surface area contributed by atoms with Crippen LogP contribution in [0.5, 0.6) is 5.75 Å². The lowest BCUT2D eigenvalue weighted by Gasteiger charge is -2.35. The second kappa shape index (κ2) is 9.07. The Balaban J connectivity index is 1.54. The van der Waals surface area contributed by atoms with E-state index in [0.29, 0.717) is 6.54 Å². The molecule has 0 radical (unpaired) electrons. The van der Waals surface area contributed by atoms with Crippen molar-refractivity contribution in [2.24, 2.45) is 0 Å². The van der Waals surface area contributed by atoms with E-state index in [1.807, 2.05) is 29.2 Å². The fourth-order valence-corrected chi connectivity index (χ4v) is 5.67. The Labute approximate surface area is 185 Å². The van der Waals surface area contributed by atoms with E-state index < -0.39 is 10.0 Å². The van der Waals surface area contributed by atoms with Crippen molar-refractivity contribution in [2.45, 2.75) is 30.2 Å². The molecule has 4 rings (SSSR count). The number of carbonyl (C=O) groups excluding carboxylic acids is 1. The number of hydrogen-bond acceptors (Lipinski definition) is 6. The number of nitrogens with zero attached hydrogens (tertiary/aromatic N) is 2. The molecule has 0 aliphatic carbocycles. The van der Waals surface area contributed by atoms with Crippen LogP contribution in [0.1, 0.15) is 41.4 Å². The number of aromatic nitrogens is 1. The highest BCUT2D eigenvalue weighted by atomic mass is 32.2. The van der Waals surface area contributed by atoms with Crippen LogP contribution >= 0.6 is 11.3 Å². The number of benzene rings is 2. The molecular weight excluding hydrogens is 434 g/mol. The third kappa shape index (κ3) is 4.72. The van der Waals surface area contributed by atoms with E-state index in [1.54, 1.807) is 30.7 Å². The van der Waals surface area contributed by atoms with E-state index >= 15 is 0 Å². The van der Waals surface area contributed by atoms with E-state index in [0.717, 1.165) is 41.9 Å². The molecule has 7 nitrogen and oxygen atoms in total. The molecule has 1 aliphatic rings. The molecule has 1 atom stereocenters. The Morgan fingerprint density at radius 3 is 2.74 bits per heavy atom. The molecule has 1 unspecified atom stereocenters. The minimum absolute atomic E-state index is 0.0671. The van der Waals surface area contributed by atoms with E-state index in [4.69, 9.17) is 4.74 Å². The monoisotopic (exact) mass is 457 g/mol. The minimum Gasteiger partial charge on any atom is -0.497 e. The van der Waals surface area contributed by atoms with Gasteiger partial charge in [0.15, 0.2) is 5.13 Å². The van der Waals surface area contributed by atoms with Gasteiger partial charge in [0, 0.05) is 11.9 Å². The van der Waals surface area contributed by atoms with Gasteiger partial charge in [-0.2, -0.15) is 0 Å². The topological polar surface area (TPSA) is 88.6 Å². The van der Waals surface area contributed by atoms with Crippen molar-refractivity contribution in [3.8, 4) is 5.75 Å². The fraction of sp³-hybridized carbons (Fsp3) is 0.273. The van der Waals surface area contributed by atoms with Crippen LogP contribution in [0.4, 0.5) is 5.13 Å². The number of amides is 1. The molecule has 0 spiro atoms. The summed E-state index contributed by atoms with van der Waals surface area (Å²) < 4.78 is 32.9. The number of nitrogens with one attached hydrogen (secondary N) is 1. The van der Waals surface area contributed by atoms with Gasteiger partial charge in [-0.1, -0.05) is 30.3 Å².